The zero-order chi connectivity index (χ0) is 16.2. The van der Waals surface area contributed by atoms with Gasteiger partial charge in [-0.1, -0.05) is 0 Å². The average Bonchev–Trinajstić information content (AvgIpc) is 2.47. The first-order valence-electron chi connectivity index (χ1n) is 6.48. The normalized spacial score (nSPS) is 10.9. The van der Waals surface area contributed by atoms with E-state index in [9.17, 15) is 8.42 Å². The fourth-order valence-electron chi connectivity index (χ4n) is 1.92. The summed E-state index contributed by atoms with van der Waals surface area (Å²) in [5.41, 5.74) is 2.17. The van der Waals surface area contributed by atoms with Crippen LogP contribution in [0.1, 0.15) is 0 Å². The van der Waals surface area contributed by atoms with Crippen LogP contribution in [0.4, 0.5) is 17.1 Å². The predicted octanol–water partition coefficient (Wildman–Crippen LogP) is 2.82. The van der Waals surface area contributed by atoms with Crippen LogP contribution >= 0.6 is 0 Å². The van der Waals surface area contributed by atoms with Crippen molar-refractivity contribution >= 4 is 27.1 Å². The molecule has 0 saturated heterocycles. The number of methoxy groups -OCH3 is 2. The summed E-state index contributed by atoms with van der Waals surface area (Å²) in [4.78, 5) is 0. The van der Waals surface area contributed by atoms with Crippen molar-refractivity contribution in [3.05, 3.63) is 42.5 Å². The molecule has 0 bridgehead atoms. The lowest BCUT2D eigenvalue weighted by Gasteiger charge is -2.12. The molecule has 7 heteroatoms. The number of hydrogen-bond donors (Lipinski definition) is 2. The minimum atomic E-state index is -3.27. The first-order chi connectivity index (χ1) is 10.4. The van der Waals surface area contributed by atoms with Gasteiger partial charge in [-0.3, -0.25) is 4.72 Å². The topological polar surface area (TPSA) is 76.7 Å². The fourth-order valence-corrected chi connectivity index (χ4v) is 2.48. The van der Waals surface area contributed by atoms with Crippen LogP contribution in [0.15, 0.2) is 42.5 Å². The van der Waals surface area contributed by atoms with Gasteiger partial charge >= 0.3 is 0 Å². The zero-order valence-corrected chi connectivity index (χ0v) is 13.4. The van der Waals surface area contributed by atoms with E-state index in [0.717, 1.165) is 17.6 Å². The Bertz CT molecular complexity index is 743. The highest BCUT2D eigenvalue weighted by molar-refractivity contribution is 7.92. The van der Waals surface area contributed by atoms with Crippen LogP contribution in [0.5, 0.6) is 11.5 Å². The van der Waals surface area contributed by atoms with Crippen molar-refractivity contribution in [1.82, 2.24) is 0 Å². The molecular formula is C15H18N2O4S. The quantitative estimate of drug-likeness (QED) is 0.855. The first kappa shape index (κ1) is 16.0. The van der Waals surface area contributed by atoms with Gasteiger partial charge in [0, 0.05) is 23.1 Å². The molecule has 2 aromatic rings. The second-order valence-electron chi connectivity index (χ2n) is 4.65. The van der Waals surface area contributed by atoms with Gasteiger partial charge in [-0.25, -0.2) is 8.42 Å². The smallest absolute Gasteiger partial charge is 0.229 e. The average molecular weight is 322 g/mol. The summed E-state index contributed by atoms with van der Waals surface area (Å²) < 4.78 is 35.2. The van der Waals surface area contributed by atoms with Crippen LogP contribution < -0.4 is 19.5 Å². The monoisotopic (exact) mass is 322 g/mol. The molecule has 0 aliphatic carbocycles. The molecule has 2 aromatic carbocycles. The molecule has 0 aromatic heterocycles. The summed E-state index contributed by atoms with van der Waals surface area (Å²) in [6.45, 7) is 0. The van der Waals surface area contributed by atoms with Crippen molar-refractivity contribution in [2.75, 3.05) is 30.5 Å². The summed E-state index contributed by atoms with van der Waals surface area (Å²) in [5.74, 6) is 1.28. The number of anilines is 3. The Balaban J connectivity index is 2.14. The van der Waals surface area contributed by atoms with Gasteiger partial charge in [-0.05, 0) is 36.4 Å². The van der Waals surface area contributed by atoms with Crippen molar-refractivity contribution < 1.29 is 17.9 Å². The lowest BCUT2D eigenvalue weighted by atomic mass is 10.2. The van der Waals surface area contributed by atoms with Crippen molar-refractivity contribution in [1.29, 1.82) is 0 Å². The minimum absolute atomic E-state index is 0.514. The largest absolute Gasteiger partial charge is 0.493 e. The lowest BCUT2D eigenvalue weighted by molar-refractivity contribution is 0.355. The van der Waals surface area contributed by atoms with Gasteiger partial charge in [0.1, 0.15) is 0 Å². The van der Waals surface area contributed by atoms with Gasteiger partial charge in [0.05, 0.1) is 20.5 Å². The molecule has 6 nitrogen and oxygen atoms in total. The van der Waals surface area contributed by atoms with Crippen LogP contribution in [0.2, 0.25) is 0 Å². The molecule has 0 atom stereocenters. The standard InChI is InChI=1S/C15H18N2O4S/c1-20-14-9-8-13(10-15(14)21-2)16-11-4-6-12(7-5-11)17-22(3,18)19/h4-10,16-17H,1-3H3. The zero-order valence-electron chi connectivity index (χ0n) is 12.6. The van der Waals surface area contributed by atoms with E-state index in [0.29, 0.717) is 17.2 Å². The molecule has 118 valence electrons. The highest BCUT2D eigenvalue weighted by Crippen LogP contribution is 2.31. The number of hydrogen-bond acceptors (Lipinski definition) is 5. The Morgan fingerprint density at radius 3 is 1.91 bits per heavy atom. The second kappa shape index (κ2) is 6.57. The van der Waals surface area contributed by atoms with Crippen LogP contribution in [0, 0.1) is 0 Å². The number of ether oxygens (including phenoxy) is 2. The summed E-state index contributed by atoms with van der Waals surface area (Å²) in [7, 11) is -0.108. The van der Waals surface area contributed by atoms with Crippen LogP contribution in [0.3, 0.4) is 0 Å². The molecule has 0 saturated carbocycles. The Morgan fingerprint density at radius 2 is 1.36 bits per heavy atom. The van der Waals surface area contributed by atoms with E-state index in [4.69, 9.17) is 9.47 Å². The SMILES string of the molecule is COc1ccc(Nc2ccc(NS(C)(=O)=O)cc2)cc1OC. The van der Waals surface area contributed by atoms with E-state index in [1.165, 1.54) is 0 Å². The van der Waals surface area contributed by atoms with E-state index in [1.54, 1.807) is 44.6 Å². The molecule has 0 aliphatic rings. The molecule has 0 spiro atoms. The Kier molecular flexibility index (Phi) is 4.77. The number of rotatable bonds is 6. The number of nitrogens with one attached hydrogen (secondary N) is 2. The van der Waals surface area contributed by atoms with Crippen LogP contribution in [-0.4, -0.2) is 28.9 Å². The number of benzene rings is 2. The van der Waals surface area contributed by atoms with Crippen molar-refractivity contribution in [3.8, 4) is 11.5 Å². The molecule has 2 rings (SSSR count). The molecule has 0 aliphatic heterocycles. The van der Waals surface area contributed by atoms with Gasteiger partial charge in [0.25, 0.3) is 0 Å². The molecule has 22 heavy (non-hydrogen) atoms. The molecule has 0 fully saturated rings. The van der Waals surface area contributed by atoms with Gasteiger partial charge in [-0.15, -0.1) is 0 Å². The Labute approximate surface area is 130 Å². The summed E-state index contributed by atoms with van der Waals surface area (Å²) in [5, 5.41) is 3.21. The van der Waals surface area contributed by atoms with Crippen molar-refractivity contribution in [2.45, 2.75) is 0 Å². The maximum atomic E-state index is 11.2. The third-order valence-electron chi connectivity index (χ3n) is 2.86. The highest BCUT2D eigenvalue weighted by atomic mass is 32.2. The lowest BCUT2D eigenvalue weighted by Crippen LogP contribution is -2.09. The third-order valence-corrected chi connectivity index (χ3v) is 3.47. The van der Waals surface area contributed by atoms with Crippen LogP contribution in [-0.2, 0) is 10.0 Å². The molecule has 0 radical (unpaired) electrons. The summed E-state index contributed by atoms with van der Waals surface area (Å²) >= 11 is 0. The maximum Gasteiger partial charge on any atom is 0.229 e. The maximum absolute atomic E-state index is 11.2. The third kappa shape index (κ3) is 4.29. The van der Waals surface area contributed by atoms with E-state index in [2.05, 4.69) is 10.0 Å². The summed E-state index contributed by atoms with van der Waals surface area (Å²) in [6.07, 6.45) is 1.11. The molecule has 0 amide bonds. The molecule has 2 N–H and O–H groups in total. The van der Waals surface area contributed by atoms with Gasteiger partial charge in [-0.2, -0.15) is 0 Å². The number of sulfonamides is 1. The van der Waals surface area contributed by atoms with Crippen LogP contribution in [0.25, 0.3) is 0 Å². The molecule has 0 heterocycles. The van der Waals surface area contributed by atoms with Gasteiger partial charge in [0.15, 0.2) is 11.5 Å². The molecule has 0 unspecified atom stereocenters. The second-order valence-corrected chi connectivity index (χ2v) is 6.39. The molecular weight excluding hydrogens is 304 g/mol. The first-order valence-corrected chi connectivity index (χ1v) is 8.37. The minimum Gasteiger partial charge on any atom is -0.493 e. The van der Waals surface area contributed by atoms with E-state index in [1.807, 2.05) is 12.1 Å². The van der Waals surface area contributed by atoms with Gasteiger partial charge in [0.2, 0.25) is 10.0 Å². The van der Waals surface area contributed by atoms with E-state index < -0.39 is 10.0 Å². The van der Waals surface area contributed by atoms with Crippen molar-refractivity contribution in [2.24, 2.45) is 0 Å². The Morgan fingerprint density at radius 1 is 0.818 bits per heavy atom. The van der Waals surface area contributed by atoms with E-state index in [-0.39, 0.29) is 0 Å². The van der Waals surface area contributed by atoms with E-state index >= 15 is 0 Å². The fraction of sp³-hybridized carbons (Fsp3) is 0.200. The Hall–Kier alpha value is -2.41. The van der Waals surface area contributed by atoms with Gasteiger partial charge < -0.3 is 14.8 Å². The summed E-state index contributed by atoms with van der Waals surface area (Å²) in [6, 6.07) is 12.4. The van der Waals surface area contributed by atoms with Crippen molar-refractivity contribution in [3.63, 3.8) is 0 Å². The highest BCUT2D eigenvalue weighted by Gasteiger charge is 2.05. The predicted molar refractivity (Wildman–Crippen MR) is 87.7 cm³/mol.